The van der Waals surface area contributed by atoms with E-state index >= 15 is 0 Å². The number of nitrogens with zero attached hydrogens (tertiary/aromatic N) is 3. The second-order valence-electron chi connectivity index (χ2n) is 4.61. The molecule has 1 aromatic rings. The summed E-state index contributed by atoms with van der Waals surface area (Å²) in [5.41, 5.74) is 5.18. The Bertz CT molecular complexity index is 530. The van der Waals surface area contributed by atoms with Crippen molar-refractivity contribution in [1.82, 2.24) is 9.88 Å². The van der Waals surface area contributed by atoms with Crippen molar-refractivity contribution in [3.8, 4) is 0 Å². The number of ether oxygens (including phenoxy) is 1. The molecule has 8 heteroatoms. The summed E-state index contributed by atoms with van der Waals surface area (Å²) in [6, 6.07) is 1.38. The molecule has 2 N–H and O–H groups in total. The molecular weight excluding hydrogens is 264 g/mol. The van der Waals surface area contributed by atoms with Crippen molar-refractivity contribution in [1.29, 1.82) is 0 Å². The first-order chi connectivity index (χ1) is 9.54. The van der Waals surface area contributed by atoms with Crippen LogP contribution in [0.1, 0.15) is 23.2 Å². The molecule has 1 aliphatic carbocycles. The Labute approximate surface area is 115 Å². The van der Waals surface area contributed by atoms with Crippen LogP contribution in [-0.4, -0.2) is 47.0 Å². The number of hydrogen-bond acceptors (Lipinski definition) is 6. The van der Waals surface area contributed by atoms with Gasteiger partial charge in [0.2, 0.25) is 0 Å². The Morgan fingerprint density at radius 1 is 1.65 bits per heavy atom. The van der Waals surface area contributed by atoms with Crippen molar-refractivity contribution in [2.45, 2.75) is 18.9 Å². The van der Waals surface area contributed by atoms with Crippen molar-refractivity contribution >= 4 is 17.4 Å². The number of anilines is 1. The Morgan fingerprint density at radius 3 is 2.90 bits per heavy atom. The van der Waals surface area contributed by atoms with Crippen LogP contribution in [0.25, 0.3) is 0 Å². The molecule has 20 heavy (non-hydrogen) atoms. The molecule has 0 aromatic carbocycles. The van der Waals surface area contributed by atoms with Crippen molar-refractivity contribution in [2.75, 3.05) is 26.0 Å². The maximum atomic E-state index is 12.5. The molecule has 108 valence electrons. The van der Waals surface area contributed by atoms with Crippen LogP contribution in [0.4, 0.5) is 11.5 Å². The third-order valence-corrected chi connectivity index (χ3v) is 3.12. The highest BCUT2D eigenvalue weighted by molar-refractivity contribution is 5.99. The lowest BCUT2D eigenvalue weighted by Crippen LogP contribution is -2.36. The van der Waals surface area contributed by atoms with E-state index in [1.165, 1.54) is 6.07 Å². The van der Waals surface area contributed by atoms with Crippen LogP contribution in [0, 0.1) is 10.1 Å². The van der Waals surface area contributed by atoms with Crippen molar-refractivity contribution in [3.63, 3.8) is 0 Å². The fraction of sp³-hybridized carbons (Fsp3) is 0.500. The van der Waals surface area contributed by atoms with E-state index < -0.39 is 10.8 Å². The van der Waals surface area contributed by atoms with Gasteiger partial charge in [-0.15, -0.1) is 0 Å². The molecule has 0 bridgehead atoms. The van der Waals surface area contributed by atoms with Gasteiger partial charge >= 0.3 is 0 Å². The van der Waals surface area contributed by atoms with E-state index in [4.69, 9.17) is 10.5 Å². The summed E-state index contributed by atoms with van der Waals surface area (Å²) in [7, 11) is 1.54. The van der Waals surface area contributed by atoms with Gasteiger partial charge in [-0.05, 0) is 18.9 Å². The molecule has 1 fully saturated rings. The molecule has 1 amide bonds. The summed E-state index contributed by atoms with van der Waals surface area (Å²) in [6.45, 7) is 0.788. The minimum absolute atomic E-state index is 0.0227. The zero-order valence-electron chi connectivity index (χ0n) is 11.1. The maximum absolute atomic E-state index is 12.5. The van der Waals surface area contributed by atoms with Gasteiger partial charge in [0.25, 0.3) is 11.6 Å². The van der Waals surface area contributed by atoms with E-state index in [0.717, 1.165) is 19.0 Å². The number of nitrogen functional groups attached to an aromatic ring is 1. The Balaban J connectivity index is 2.30. The zero-order chi connectivity index (χ0) is 14.7. The van der Waals surface area contributed by atoms with E-state index in [9.17, 15) is 14.9 Å². The molecule has 0 spiro atoms. The number of hydrogen-bond donors (Lipinski definition) is 1. The summed E-state index contributed by atoms with van der Waals surface area (Å²) < 4.78 is 4.97. The van der Waals surface area contributed by atoms with E-state index in [0.29, 0.717) is 13.2 Å². The Morgan fingerprint density at radius 2 is 2.35 bits per heavy atom. The molecule has 0 saturated heterocycles. The van der Waals surface area contributed by atoms with Gasteiger partial charge in [-0.2, -0.15) is 0 Å². The molecule has 0 radical (unpaired) electrons. The summed E-state index contributed by atoms with van der Waals surface area (Å²) in [6.07, 6.45) is 2.83. The standard InChI is InChI=1S/C12H16N4O4/c1-20-5-4-15(8-2-3-8)12(17)9-6-11(13)14-7-10(9)16(18)19/h6-8H,2-5H2,1H3,(H2,13,14). The fourth-order valence-corrected chi connectivity index (χ4v) is 1.96. The van der Waals surface area contributed by atoms with E-state index in [-0.39, 0.29) is 23.1 Å². The van der Waals surface area contributed by atoms with E-state index in [1.54, 1.807) is 12.0 Å². The molecule has 0 unspecified atom stereocenters. The van der Waals surface area contributed by atoms with Crippen LogP contribution < -0.4 is 5.73 Å². The summed E-state index contributed by atoms with van der Waals surface area (Å²) in [4.78, 5) is 28.1. The average Bonchev–Trinajstić information content (AvgIpc) is 3.23. The molecule has 2 rings (SSSR count). The van der Waals surface area contributed by atoms with Gasteiger partial charge in [-0.25, -0.2) is 4.98 Å². The topological polar surface area (TPSA) is 112 Å². The van der Waals surface area contributed by atoms with Gasteiger partial charge in [0.05, 0.1) is 11.5 Å². The summed E-state index contributed by atoms with van der Waals surface area (Å²) in [5.74, 6) is -0.313. The maximum Gasteiger partial charge on any atom is 0.300 e. The van der Waals surface area contributed by atoms with Crippen molar-refractivity contribution in [2.24, 2.45) is 0 Å². The number of nitrogens with two attached hydrogens (primary N) is 1. The molecule has 1 aromatic heterocycles. The normalized spacial score (nSPS) is 14.1. The second-order valence-corrected chi connectivity index (χ2v) is 4.61. The van der Waals surface area contributed by atoms with E-state index in [2.05, 4.69) is 4.98 Å². The largest absolute Gasteiger partial charge is 0.384 e. The summed E-state index contributed by atoms with van der Waals surface area (Å²) in [5, 5.41) is 11.0. The predicted molar refractivity (Wildman–Crippen MR) is 71.2 cm³/mol. The van der Waals surface area contributed by atoms with Crippen LogP contribution in [0.5, 0.6) is 0 Å². The number of carbonyl (C=O) groups excluding carboxylic acids is 1. The number of pyridine rings is 1. The smallest absolute Gasteiger partial charge is 0.300 e. The van der Waals surface area contributed by atoms with E-state index in [1.807, 2.05) is 0 Å². The highest BCUT2D eigenvalue weighted by Crippen LogP contribution is 2.30. The predicted octanol–water partition coefficient (Wildman–Crippen LogP) is 0.823. The first-order valence-corrected chi connectivity index (χ1v) is 6.24. The van der Waals surface area contributed by atoms with Crippen LogP contribution >= 0.6 is 0 Å². The highest BCUT2D eigenvalue weighted by Gasteiger charge is 2.35. The fourth-order valence-electron chi connectivity index (χ4n) is 1.96. The van der Waals surface area contributed by atoms with Gasteiger partial charge in [0.15, 0.2) is 0 Å². The number of amides is 1. The second kappa shape index (κ2) is 5.83. The lowest BCUT2D eigenvalue weighted by atomic mass is 10.2. The summed E-state index contributed by atoms with van der Waals surface area (Å²) >= 11 is 0. The van der Waals surface area contributed by atoms with Gasteiger partial charge in [0, 0.05) is 19.7 Å². The van der Waals surface area contributed by atoms with Crippen LogP contribution in [-0.2, 0) is 4.74 Å². The minimum atomic E-state index is -0.624. The molecule has 1 aliphatic rings. The highest BCUT2D eigenvalue weighted by atomic mass is 16.6. The minimum Gasteiger partial charge on any atom is -0.384 e. The molecule has 8 nitrogen and oxygen atoms in total. The molecule has 1 heterocycles. The van der Waals surface area contributed by atoms with Gasteiger partial charge in [0.1, 0.15) is 17.6 Å². The number of rotatable bonds is 6. The van der Waals surface area contributed by atoms with Crippen LogP contribution in [0.3, 0.4) is 0 Å². The monoisotopic (exact) mass is 280 g/mol. The molecule has 1 saturated carbocycles. The zero-order valence-corrected chi connectivity index (χ0v) is 11.1. The number of carbonyl (C=O) groups is 1. The molecule has 0 aliphatic heterocycles. The third kappa shape index (κ3) is 3.02. The number of methoxy groups -OCH3 is 1. The van der Waals surface area contributed by atoms with Crippen molar-refractivity contribution < 1.29 is 14.5 Å². The van der Waals surface area contributed by atoms with Gasteiger partial charge in [-0.3, -0.25) is 14.9 Å². The van der Waals surface area contributed by atoms with Crippen molar-refractivity contribution in [3.05, 3.63) is 27.9 Å². The van der Waals surface area contributed by atoms with Crippen LogP contribution in [0.2, 0.25) is 0 Å². The first-order valence-electron chi connectivity index (χ1n) is 6.24. The van der Waals surface area contributed by atoms with Gasteiger partial charge < -0.3 is 15.4 Å². The molecule has 0 atom stereocenters. The lowest BCUT2D eigenvalue weighted by molar-refractivity contribution is -0.385. The Hall–Kier alpha value is -2.22. The average molecular weight is 280 g/mol. The van der Waals surface area contributed by atoms with Gasteiger partial charge in [-0.1, -0.05) is 0 Å². The SMILES string of the molecule is COCCN(C(=O)c1cc(N)ncc1[N+](=O)[O-])C1CC1. The number of nitro groups is 1. The number of aromatic nitrogens is 1. The first kappa shape index (κ1) is 14.2. The Kier molecular flexibility index (Phi) is 4.14. The quantitative estimate of drug-likeness (QED) is 0.610. The van der Waals surface area contributed by atoms with Crippen LogP contribution in [0.15, 0.2) is 12.3 Å². The lowest BCUT2D eigenvalue weighted by Gasteiger charge is -2.22. The molecular formula is C12H16N4O4. The third-order valence-electron chi connectivity index (χ3n) is 3.12.